The van der Waals surface area contributed by atoms with E-state index >= 15 is 0 Å². The fourth-order valence-corrected chi connectivity index (χ4v) is 3.45. The van der Waals surface area contributed by atoms with Crippen LogP contribution in [0.1, 0.15) is 23.7 Å². The molecule has 0 aliphatic rings. The molecule has 29 heavy (non-hydrogen) atoms. The Kier molecular flexibility index (Phi) is 8.43. The molecule has 0 fully saturated rings. The summed E-state index contributed by atoms with van der Waals surface area (Å²) in [4.78, 5) is 37.8. The molecule has 1 amide bonds. The van der Waals surface area contributed by atoms with Crippen LogP contribution in [0.25, 0.3) is 10.9 Å². The lowest BCUT2D eigenvalue weighted by Gasteiger charge is -2.19. The molecule has 0 aliphatic heterocycles. The van der Waals surface area contributed by atoms with Crippen molar-refractivity contribution in [2.45, 2.75) is 19.9 Å². The van der Waals surface area contributed by atoms with Crippen LogP contribution < -0.4 is 10.7 Å². The van der Waals surface area contributed by atoms with Crippen LogP contribution in [-0.2, 0) is 11.3 Å². The Morgan fingerprint density at radius 3 is 2.41 bits per heavy atom. The third-order valence-corrected chi connectivity index (χ3v) is 4.81. The molecule has 2 aromatic rings. The van der Waals surface area contributed by atoms with Crippen molar-refractivity contribution >= 4 is 51.7 Å². The largest absolute Gasteiger partial charge is 0.477 e. The Labute approximate surface area is 177 Å². The normalized spacial score (nSPS) is 11.2. The lowest BCUT2D eigenvalue weighted by atomic mass is 10.1. The number of fused-ring (bicyclic) bond motifs is 1. The number of hydrogen-bond donors (Lipinski definition) is 2. The zero-order chi connectivity index (χ0) is 21.6. The molecule has 7 nitrogen and oxygen atoms in total. The topological polar surface area (TPSA) is 91.6 Å². The van der Waals surface area contributed by atoms with Gasteiger partial charge in [0.15, 0.2) is 0 Å². The van der Waals surface area contributed by atoms with E-state index < -0.39 is 28.7 Å². The fourth-order valence-electron chi connectivity index (χ4n) is 2.97. The van der Waals surface area contributed by atoms with Crippen molar-refractivity contribution < 1.29 is 19.1 Å². The predicted molar refractivity (Wildman–Crippen MR) is 112 cm³/mol. The van der Waals surface area contributed by atoms with Crippen molar-refractivity contribution in [2.75, 3.05) is 36.7 Å². The summed E-state index contributed by atoms with van der Waals surface area (Å²) in [6, 6.07) is 2.30. The maximum absolute atomic E-state index is 14.5. The molecule has 0 bridgehead atoms. The van der Waals surface area contributed by atoms with Gasteiger partial charge >= 0.3 is 5.97 Å². The number of carboxylic acid groups (broad SMARTS) is 1. The van der Waals surface area contributed by atoms with Gasteiger partial charge in [-0.25, -0.2) is 9.18 Å². The minimum Gasteiger partial charge on any atom is -0.477 e. The number of halogens is 3. The van der Waals surface area contributed by atoms with Gasteiger partial charge in [0.05, 0.1) is 11.2 Å². The number of rotatable bonds is 10. The summed E-state index contributed by atoms with van der Waals surface area (Å²) in [6.07, 6.45) is 1.33. The molecule has 0 spiro atoms. The first-order valence-corrected chi connectivity index (χ1v) is 10.1. The number of hydrogen-bond acceptors (Lipinski definition) is 4. The van der Waals surface area contributed by atoms with E-state index in [1.165, 1.54) is 16.8 Å². The quantitative estimate of drug-likeness (QED) is 0.548. The summed E-state index contributed by atoms with van der Waals surface area (Å²) in [5.41, 5.74) is -0.945. The Hall–Kier alpha value is -2.16. The number of anilines is 1. The zero-order valence-electron chi connectivity index (χ0n) is 15.9. The summed E-state index contributed by atoms with van der Waals surface area (Å²) < 4.78 is 16.0. The fraction of sp³-hybridized carbons (Fsp3) is 0.421. The Morgan fingerprint density at radius 1 is 1.21 bits per heavy atom. The highest BCUT2D eigenvalue weighted by Gasteiger charge is 2.17. The molecular formula is C19H22Cl2FN3O4. The van der Waals surface area contributed by atoms with E-state index in [1.54, 1.807) is 6.92 Å². The summed E-state index contributed by atoms with van der Waals surface area (Å²) in [7, 11) is 0. The number of carbonyl (C=O) groups excluding carboxylic acids is 1. The van der Waals surface area contributed by atoms with Crippen LogP contribution in [0.5, 0.6) is 0 Å². The van der Waals surface area contributed by atoms with E-state index in [2.05, 4.69) is 5.32 Å². The molecule has 1 heterocycles. The Bertz CT molecular complexity index is 959. The lowest BCUT2D eigenvalue weighted by molar-refractivity contribution is -0.116. The summed E-state index contributed by atoms with van der Waals surface area (Å²) in [5.74, 6) is -1.78. The number of aromatic carboxylic acids is 1. The molecule has 2 N–H and O–H groups in total. The van der Waals surface area contributed by atoms with Crippen LogP contribution in [0.2, 0.25) is 0 Å². The smallest absolute Gasteiger partial charge is 0.341 e. The van der Waals surface area contributed by atoms with Crippen LogP contribution >= 0.6 is 23.2 Å². The van der Waals surface area contributed by atoms with E-state index in [9.17, 15) is 23.9 Å². The first kappa shape index (κ1) is 23.1. The number of alkyl halides is 2. The molecule has 2 rings (SSSR count). The van der Waals surface area contributed by atoms with Gasteiger partial charge in [0.1, 0.15) is 11.4 Å². The van der Waals surface area contributed by atoms with Gasteiger partial charge in [-0.2, -0.15) is 0 Å². The first-order valence-electron chi connectivity index (χ1n) is 9.06. The maximum atomic E-state index is 14.5. The number of carboxylic acids is 1. The molecule has 0 radical (unpaired) electrons. The van der Waals surface area contributed by atoms with Crippen molar-refractivity contribution in [3.8, 4) is 0 Å². The van der Waals surface area contributed by atoms with E-state index in [0.717, 1.165) is 6.07 Å². The molecule has 0 saturated heterocycles. The maximum Gasteiger partial charge on any atom is 0.341 e. The van der Waals surface area contributed by atoms with Gasteiger partial charge in [0, 0.05) is 55.9 Å². The van der Waals surface area contributed by atoms with Crippen LogP contribution in [0.3, 0.4) is 0 Å². The minimum atomic E-state index is -1.38. The SMILES string of the molecule is CCn1cc(C(=O)O)c(=O)c2cc(F)c(NC(=O)CCN(CCCl)CCCl)cc21. The van der Waals surface area contributed by atoms with Crippen molar-refractivity contribution in [2.24, 2.45) is 0 Å². The average Bonchev–Trinajstić information content (AvgIpc) is 2.68. The molecule has 10 heteroatoms. The second kappa shape index (κ2) is 10.6. The molecule has 0 atom stereocenters. The van der Waals surface area contributed by atoms with Crippen LogP contribution in [0.15, 0.2) is 23.1 Å². The number of nitrogens with one attached hydrogen (secondary N) is 1. The number of nitrogens with zero attached hydrogens (tertiary/aromatic N) is 2. The van der Waals surface area contributed by atoms with Crippen LogP contribution in [0, 0.1) is 5.82 Å². The third kappa shape index (κ3) is 5.68. The number of amides is 1. The second-order valence-corrected chi connectivity index (χ2v) is 7.09. The standard InChI is InChI=1S/C19H22Cl2FN3O4/c1-2-25-11-13(19(28)29)18(27)12-9-14(22)15(10-16(12)25)23-17(26)3-6-24(7-4-20)8-5-21/h9-11H,2-8H2,1H3,(H,23,26)(H,28,29). The van der Waals surface area contributed by atoms with E-state index in [-0.39, 0.29) is 17.5 Å². The molecular weight excluding hydrogens is 424 g/mol. The van der Waals surface area contributed by atoms with Gasteiger partial charge in [0.2, 0.25) is 11.3 Å². The summed E-state index contributed by atoms with van der Waals surface area (Å²) in [6.45, 7) is 3.71. The summed E-state index contributed by atoms with van der Waals surface area (Å²) in [5, 5.41) is 11.6. The number of benzene rings is 1. The Balaban J connectivity index is 2.29. The molecule has 158 valence electrons. The Morgan fingerprint density at radius 2 is 1.86 bits per heavy atom. The molecule has 0 aliphatic carbocycles. The molecule has 0 unspecified atom stereocenters. The predicted octanol–water partition coefficient (Wildman–Crippen LogP) is 2.97. The van der Waals surface area contributed by atoms with Gasteiger partial charge in [-0.3, -0.25) is 9.59 Å². The van der Waals surface area contributed by atoms with Crippen molar-refractivity contribution in [1.82, 2.24) is 9.47 Å². The summed E-state index contributed by atoms with van der Waals surface area (Å²) >= 11 is 11.5. The monoisotopic (exact) mass is 445 g/mol. The molecule has 0 saturated carbocycles. The van der Waals surface area contributed by atoms with Crippen LogP contribution in [0.4, 0.5) is 10.1 Å². The van der Waals surface area contributed by atoms with Gasteiger partial charge < -0.3 is 19.9 Å². The molecule has 1 aromatic carbocycles. The average molecular weight is 446 g/mol. The highest BCUT2D eigenvalue weighted by Crippen LogP contribution is 2.22. The van der Waals surface area contributed by atoms with Gasteiger partial charge in [-0.15, -0.1) is 23.2 Å². The van der Waals surface area contributed by atoms with E-state index in [1.807, 2.05) is 4.90 Å². The number of pyridine rings is 1. The highest BCUT2D eigenvalue weighted by atomic mass is 35.5. The van der Waals surface area contributed by atoms with Crippen molar-refractivity contribution in [1.29, 1.82) is 0 Å². The van der Waals surface area contributed by atoms with Gasteiger partial charge in [-0.1, -0.05) is 0 Å². The number of carbonyl (C=O) groups is 2. The van der Waals surface area contributed by atoms with Crippen molar-refractivity contribution in [3.05, 3.63) is 39.9 Å². The van der Waals surface area contributed by atoms with Crippen LogP contribution in [-0.4, -0.2) is 57.8 Å². The number of aromatic nitrogens is 1. The third-order valence-electron chi connectivity index (χ3n) is 4.47. The van der Waals surface area contributed by atoms with E-state index in [4.69, 9.17) is 23.2 Å². The second-order valence-electron chi connectivity index (χ2n) is 6.33. The van der Waals surface area contributed by atoms with Gasteiger partial charge in [0.25, 0.3) is 0 Å². The first-order chi connectivity index (χ1) is 13.8. The minimum absolute atomic E-state index is 0.0577. The zero-order valence-corrected chi connectivity index (χ0v) is 17.4. The van der Waals surface area contributed by atoms with E-state index in [0.29, 0.717) is 43.5 Å². The van der Waals surface area contributed by atoms with Crippen molar-refractivity contribution in [3.63, 3.8) is 0 Å². The van der Waals surface area contributed by atoms with Gasteiger partial charge in [-0.05, 0) is 19.1 Å². The lowest BCUT2D eigenvalue weighted by Crippen LogP contribution is -2.31. The number of aryl methyl sites for hydroxylation is 1. The molecule has 1 aromatic heterocycles. The highest BCUT2D eigenvalue weighted by molar-refractivity contribution is 6.18.